The van der Waals surface area contributed by atoms with Gasteiger partial charge in [0.05, 0.1) is 0 Å². The molecule has 2 heterocycles. The molecule has 9 heteroatoms. The molecule has 106 valence electrons. The second-order valence-corrected chi connectivity index (χ2v) is 4.78. The average molecular weight is 297 g/mol. The van der Waals surface area contributed by atoms with E-state index < -0.39 is 30.1 Å². The Morgan fingerprint density at radius 2 is 2.25 bits per heavy atom. The van der Waals surface area contributed by atoms with E-state index in [1.54, 1.807) is 5.38 Å². The fourth-order valence-electron chi connectivity index (χ4n) is 1.60. The third kappa shape index (κ3) is 2.68. The SMILES string of the molecule is O=C(N[C@H](CCO)C(=O)O)c1cnc2sccn2c1=O. The van der Waals surface area contributed by atoms with Crippen molar-refractivity contribution in [1.82, 2.24) is 14.7 Å². The number of aliphatic carboxylic acids is 1. The van der Waals surface area contributed by atoms with Crippen LogP contribution < -0.4 is 10.9 Å². The summed E-state index contributed by atoms with van der Waals surface area (Å²) < 4.78 is 1.21. The summed E-state index contributed by atoms with van der Waals surface area (Å²) in [5, 5.41) is 21.5. The Bertz CT molecular complexity index is 707. The third-order valence-corrected chi connectivity index (χ3v) is 3.38. The molecule has 2 rings (SSSR count). The van der Waals surface area contributed by atoms with Crippen LogP contribution in [-0.2, 0) is 4.79 Å². The monoisotopic (exact) mass is 297 g/mol. The summed E-state index contributed by atoms with van der Waals surface area (Å²) in [7, 11) is 0. The maximum atomic E-state index is 12.0. The van der Waals surface area contributed by atoms with Crippen LogP contribution in [-0.4, -0.2) is 44.1 Å². The van der Waals surface area contributed by atoms with Gasteiger partial charge in [0.1, 0.15) is 11.6 Å². The highest BCUT2D eigenvalue weighted by atomic mass is 32.1. The first kappa shape index (κ1) is 14.2. The molecule has 3 N–H and O–H groups in total. The Kier molecular flexibility index (Phi) is 4.11. The topological polar surface area (TPSA) is 121 Å². The molecule has 0 saturated heterocycles. The van der Waals surface area contributed by atoms with Gasteiger partial charge in [0.25, 0.3) is 11.5 Å². The minimum atomic E-state index is -1.28. The quantitative estimate of drug-likeness (QED) is 0.672. The van der Waals surface area contributed by atoms with Gasteiger partial charge >= 0.3 is 5.97 Å². The van der Waals surface area contributed by atoms with Crippen molar-refractivity contribution in [2.24, 2.45) is 0 Å². The number of aliphatic hydroxyl groups excluding tert-OH is 1. The largest absolute Gasteiger partial charge is 0.480 e. The first-order chi connectivity index (χ1) is 9.54. The highest BCUT2D eigenvalue weighted by molar-refractivity contribution is 7.15. The van der Waals surface area contributed by atoms with Crippen molar-refractivity contribution in [3.8, 4) is 0 Å². The predicted molar refractivity (Wildman–Crippen MR) is 69.9 cm³/mol. The number of carbonyl (C=O) groups excluding carboxylic acids is 1. The summed E-state index contributed by atoms with van der Waals surface area (Å²) in [5.41, 5.74) is -0.813. The van der Waals surface area contributed by atoms with Crippen LogP contribution in [0.1, 0.15) is 16.8 Å². The fourth-order valence-corrected chi connectivity index (χ4v) is 2.28. The second kappa shape index (κ2) is 5.80. The molecule has 0 bridgehead atoms. The molecule has 0 aliphatic rings. The Morgan fingerprint density at radius 3 is 2.90 bits per heavy atom. The van der Waals surface area contributed by atoms with Gasteiger partial charge in [-0.25, -0.2) is 9.78 Å². The highest BCUT2D eigenvalue weighted by Crippen LogP contribution is 2.06. The lowest BCUT2D eigenvalue weighted by molar-refractivity contribution is -0.139. The second-order valence-electron chi connectivity index (χ2n) is 3.91. The van der Waals surface area contributed by atoms with E-state index in [1.165, 1.54) is 21.9 Å². The van der Waals surface area contributed by atoms with Crippen LogP contribution >= 0.6 is 11.3 Å². The molecule has 0 aliphatic carbocycles. The van der Waals surface area contributed by atoms with Crippen LogP contribution in [0.15, 0.2) is 22.6 Å². The standard InChI is InChI=1S/C11H11N3O5S/c15-3-1-7(10(18)19)13-8(16)6-5-12-11-14(9(6)17)2-4-20-11/h2,4-5,7,15H,1,3H2,(H,13,16)(H,18,19)/t7-/m1/s1. The van der Waals surface area contributed by atoms with E-state index in [0.29, 0.717) is 4.96 Å². The maximum Gasteiger partial charge on any atom is 0.326 e. The van der Waals surface area contributed by atoms with Gasteiger partial charge in [-0.3, -0.25) is 14.0 Å². The van der Waals surface area contributed by atoms with E-state index in [9.17, 15) is 14.4 Å². The normalized spacial score (nSPS) is 12.2. The Labute approximate surface area is 116 Å². The molecule has 0 radical (unpaired) electrons. The number of nitrogens with zero attached hydrogens (tertiary/aromatic N) is 2. The van der Waals surface area contributed by atoms with E-state index in [4.69, 9.17) is 10.2 Å². The van der Waals surface area contributed by atoms with Crippen LogP contribution in [0.3, 0.4) is 0 Å². The zero-order chi connectivity index (χ0) is 14.7. The van der Waals surface area contributed by atoms with E-state index >= 15 is 0 Å². The molecule has 0 fully saturated rings. The summed E-state index contributed by atoms with van der Waals surface area (Å²) in [6.07, 6.45) is 2.45. The maximum absolute atomic E-state index is 12.0. The number of thiazole rings is 1. The van der Waals surface area contributed by atoms with Crippen LogP contribution in [0.5, 0.6) is 0 Å². The number of aliphatic hydroxyl groups is 1. The number of rotatable bonds is 5. The van der Waals surface area contributed by atoms with E-state index in [1.807, 2.05) is 0 Å². The molecule has 0 unspecified atom stereocenters. The molecule has 20 heavy (non-hydrogen) atoms. The van der Waals surface area contributed by atoms with Gasteiger partial charge < -0.3 is 15.5 Å². The zero-order valence-corrected chi connectivity index (χ0v) is 11.0. The highest BCUT2D eigenvalue weighted by Gasteiger charge is 2.22. The number of carboxylic acid groups (broad SMARTS) is 1. The summed E-state index contributed by atoms with van der Waals surface area (Å²) in [4.78, 5) is 39.2. The Balaban J connectivity index is 2.29. The van der Waals surface area contributed by atoms with Crippen molar-refractivity contribution in [2.45, 2.75) is 12.5 Å². The molecule has 2 aromatic rings. The van der Waals surface area contributed by atoms with Gasteiger partial charge in [-0.15, -0.1) is 11.3 Å². The zero-order valence-electron chi connectivity index (χ0n) is 10.1. The fraction of sp³-hybridized carbons (Fsp3) is 0.273. The molecule has 0 aromatic carbocycles. The lowest BCUT2D eigenvalue weighted by Gasteiger charge is -2.12. The van der Waals surface area contributed by atoms with Gasteiger partial charge in [-0.05, 0) is 0 Å². The van der Waals surface area contributed by atoms with Crippen molar-refractivity contribution in [3.63, 3.8) is 0 Å². The van der Waals surface area contributed by atoms with Gasteiger partial charge in [0, 0.05) is 30.8 Å². The number of amides is 1. The van der Waals surface area contributed by atoms with Crippen molar-refractivity contribution >= 4 is 28.2 Å². The molecule has 0 saturated carbocycles. The summed E-state index contributed by atoms with van der Waals surface area (Å²) in [5.74, 6) is -2.11. The van der Waals surface area contributed by atoms with Crippen LogP contribution in [0.25, 0.3) is 4.96 Å². The number of aromatic nitrogens is 2. The van der Waals surface area contributed by atoms with Crippen molar-refractivity contribution < 1.29 is 19.8 Å². The lowest BCUT2D eigenvalue weighted by atomic mass is 10.2. The van der Waals surface area contributed by atoms with Gasteiger partial charge in [-0.2, -0.15) is 0 Å². The first-order valence-electron chi connectivity index (χ1n) is 5.64. The van der Waals surface area contributed by atoms with Crippen molar-refractivity contribution in [3.05, 3.63) is 33.7 Å². The van der Waals surface area contributed by atoms with Gasteiger partial charge in [-0.1, -0.05) is 0 Å². The third-order valence-electron chi connectivity index (χ3n) is 2.61. The molecular formula is C11H11N3O5S. The van der Waals surface area contributed by atoms with Gasteiger partial charge in [0.15, 0.2) is 4.96 Å². The van der Waals surface area contributed by atoms with E-state index in [-0.39, 0.29) is 12.0 Å². The minimum Gasteiger partial charge on any atom is -0.480 e. The lowest BCUT2D eigenvalue weighted by Crippen LogP contribution is -2.43. The van der Waals surface area contributed by atoms with Crippen LogP contribution in [0.4, 0.5) is 0 Å². The molecule has 1 atom stereocenters. The minimum absolute atomic E-state index is 0.142. The average Bonchev–Trinajstić information content (AvgIpc) is 2.87. The molecule has 8 nitrogen and oxygen atoms in total. The number of fused-ring (bicyclic) bond motifs is 1. The molecule has 2 aromatic heterocycles. The number of hydrogen-bond acceptors (Lipinski definition) is 6. The van der Waals surface area contributed by atoms with Crippen molar-refractivity contribution in [2.75, 3.05) is 6.61 Å². The van der Waals surface area contributed by atoms with E-state index in [2.05, 4.69) is 10.3 Å². The van der Waals surface area contributed by atoms with Crippen LogP contribution in [0.2, 0.25) is 0 Å². The van der Waals surface area contributed by atoms with Gasteiger partial charge in [0.2, 0.25) is 0 Å². The number of carbonyl (C=O) groups is 2. The van der Waals surface area contributed by atoms with Crippen LogP contribution in [0, 0.1) is 0 Å². The van der Waals surface area contributed by atoms with Crippen molar-refractivity contribution in [1.29, 1.82) is 0 Å². The van der Waals surface area contributed by atoms with E-state index in [0.717, 1.165) is 6.20 Å². The molecule has 0 spiro atoms. The smallest absolute Gasteiger partial charge is 0.326 e. The Hall–Kier alpha value is -2.26. The molecule has 1 amide bonds. The predicted octanol–water partition coefficient (Wildman–Crippen LogP) is -0.679. The Morgan fingerprint density at radius 1 is 1.50 bits per heavy atom. The molecule has 0 aliphatic heterocycles. The number of hydrogen-bond donors (Lipinski definition) is 3. The number of nitrogens with one attached hydrogen (secondary N) is 1. The summed E-state index contributed by atoms with van der Waals surface area (Å²) >= 11 is 1.24. The number of carboxylic acids is 1. The summed E-state index contributed by atoms with van der Waals surface area (Å²) in [6, 6.07) is -1.25. The first-order valence-corrected chi connectivity index (χ1v) is 6.52. The summed E-state index contributed by atoms with van der Waals surface area (Å²) in [6.45, 7) is -0.391. The molecular weight excluding hydrogens is 286 g/mol.